The van der Waals surface area contributed by atoms with Crippen LogP contribution in [0.3, 0.4) is 0 Å². The van der Waals surface area contributed by atoms with Gasteiger partial charge < -0.3 is 20.3 Å². The number of hydrogen-bond acceptors (Lipinski definition) is 4. The molecule has 0 spiro atoms. The fourth-order valence-corrected chi connectivity index (χ4v) is 2.99. The summed E-state index contributed by atoms with van der Waals surface area (Å²) in [6.07, 6.45) is 1.44. The van der Waals surface area contributed by atoms with Crippen molar-refractivity contribution < 1.29 is 19.5 Å². The molecule has 0 fully saturated rings. The van der Waals surface area contributed by atoms with E-state index in [2.05, 4.69) is 15.3 Å². The second-order valence-electron chi connectivity index (χ2n) is 6.17. The number of aromatic nitrogens is 2. The van der Waals surface area contributed by atoms with E-state index in [1.54, 1.807) is 0 Å². The Kier molecular flexibility index (Phi) is 5.31. The lowest BCUT2D eigenvalue weighted by atomic mass is 10.0. The molecule has 0 aliphatic carbocycles. The molecule has 1 aliphatic rings. The van der Waals surface area contributed by atoms with Gasteiger partial charge in [0, 0.05) is 19.4 Å². The van der Waals surface area contributed by atoms with Gasteiger partial charge in [-0.05, 0) is 5.56 Å². The Bertz CT molecular complexity index is 803. The molecule has 3 rings (SSSR count). The van der Waals surface area contributed by atoms with Crippen LogP contribution in [-0.2, 0) is 33.9 Å². The molecule has 0 saturated carbocycles. The van der Waals surface area contributed by atoms with Gasteiger partial charge in [-0.2, -0.15) is 0 Å². The number of fused-ring (bicyclic) bond motifs is 1. The van der Waals surface area contributed by atoms with E-state index in [1.165, 1.54) is 11.2 Å². The van der Waals surface area contributed by atoms with Crippen molar-refractivity contribution in [2.45, 2.75) is 38.4 Å². The molecule has 0 bridgehead atoms. The molecule has 0 radical (unpaired) electrons. The quantitative estimate of drug-likeness (QED) is 0.709. The van der Waals surface area contributed by atoms with Crippen LogP contribution in [0.5, 0.6) is 0 Å². The Balaban J connectivity index is 1.71. The summed E-state index contributed by atoms with van der Waals surface area (Å²) in [6.45, 7) is 0.581. The third-order valence-corrected chi connectivity index (χ3v) is 4.38. The molecule has 1 unspecified atom stereocenters. The van der Waals surface area contributed by atoms with Crippen LogP contribution in [-0.4, -0.2) is 43.8 Å². The van der Waals surface area contributed by atoms with Crippen molar-refractivity contribution in [3.05, 3.63) is 53.6 Å². The summed E-state index contributed by atoms with van der Waals surface area (Å²) in [5.41, 5.74) is 2.49. The molecule has 8 heteroatoms. The first kappa shape index (κ1) is 17.7. The van der Waals surface area contributed by atoms with Crippen molar-refractivity contribution in [2.75, 3.05) is 0 Å². The normalized spacial score (nSPS) is 16.0. The van der Waals surface area contributed by atoms with Gasteiger partial charge in [-0.1, -0.05) is 30.3 Å². The van der Waals surface area contributed by atoms with Crippen molar-refractivity contribution in [3.63, 3.8) is 0 Å². The molecule has 3 N–H and O–H groups in total. The second kappa shape index (κ2) is 7.81. The zero-order valence-corrected chi connectivity index (χ0v) is 14.1. The summed E-state index contributed by atoms with van der Waals surface area (Å²) in [6, 6.07) is 8.79. The van der Waals surface area contributed by atoms with Gasteiger partial charge in [-0.3, -0.25) is 14.4 Å². The molecule has 2 aromatic rings. The van der Waals surface area contributed by atoms with E-state index in [0.717, 1.165) is 17.0 Å². The van der Waals surface area contributed by atoms with E-state index in [4.69, 9.17) is 5.11 Å². The third kappa shape index (κ3) is 4.08. The Morgan fingerprint density at radius 1 is 1.23 bits per heavy atom. The van der Waals surface area contributed by atoms with Crippen LogP contribution in [0, 0.1) is 0 Å². The average Bonchev–Trinajstić information content (AvgIpc) is 3.11. The first-order valence-electron chi connectivity index (χ1n) is 8.38. The van der Waals surface area contributed by atoms with Gasteiger partial charge in [0.15, 0.2) is 0 Å². The number of amides is 2. The van der Waals surface area contributed by atoms with E-state index >= 15 is 0 Å². The maximum absolute atomic E-state index is 12.7. The summed E-state index contributed by atoms with van der Waals surface area (Å²) in [5.74, 6) is -1.67. The number of imidazole rings is 1. The minimum atomic E-state index is -1.04. The number of rotatable bonds is 6. The van der Waals surface area contributed by atoms with Crippen LogP contribution in [0.4, 0.5) is 0 Å². The molecular weight excluding hydrogens is 336 g/mol. The molecule has 0 saturated heterocycles. The summed E-state index contributed by atoms with van der Waals surface area (Å²) in [4.78, 5) is 44.5. The smallest absolute Gasteiger partial charge is 0.303 e. The molecule has 8 nitrogen and oxygen atoms in total. The van der Waals surface area contributed by atoms with Crippen LogP contribution in [0.2, 0.25) is 0 Å². The summed E-state index contributed by atoms with van der Waals surface area (Å²) in [5, 5.41) is 11.7. The van der Waals surface area contributed by atoms with Crippen LogP contribution in [0.25, 0.3) is 0 Å². The summed E-state index contributed by atoms with van der Waals surface area (Å²) >= 11 is 0. The van der Waals surface area contributed by atoms with Crippen LogP contribution in [0.15, 0.2) is 36.7 Å². The topological polar surface area (TPSA) is 115 Å². The average molecular weight is 356 g/mol. The summed E-state index contributed by atoms with van der Waals surface area (Å²) in [7, 11) is 0. The maximum atomic E-state index is 12.7. The standard InChI is InChI=1S/C18H20N4O4/c23-16(6-7-17(24)25)22-10-14-13(20-11-21-14)8-15(22)18(26)19-9-12-4-2-1-3-5-12/h1-5,11,15H,6-10H2,(H,19,26)(H,20,21)(H,24,25). The minimum absolute atomic E-state index is 0.138. The Morgan fingerprint density at radius 3 is 2.73 bits per heavy atom. The molecule has 2 amide bonds. The number of nitrogens with zero attached hydrogens (tertiary/aromatic N) is 2. The number of nitrogens with one attached hydrogen (secondary N) is 2. The highest BCUT2D eigenvalue weighted by Gasteiger charge is 2.35. The minimum Gasteiger partial charge on any atom is -0.481 e. The lowest BCUT2D eigenvalue weighted by molar-refractivity contribution is -0.145. The Hall–Kier alpha value is -3.16. The van der Waals surface area contributed by atoms with Gasteiger partial charge in [0.25, 0.3) is 0 Å². The van der Waals surface area contributed by atoms with Gasteiger partial charge in [-0.25, -0.2) is 4.98 Å². The van der Waals surface area contributed by atoms with Crippen molar-refractivity contribution in [1.29, 1.82) is 0 Å². The molecule has 1 aromatic heterocycles. The number of benzene rings is 1. The molecule has 136 valence electrons. The van der Waals surface area contributed by atoms with E-state index in [9.17, 15) is 14.4 Å². The van der Waals surface area contributed by atoms with Crippen molar-refractivity contribution in [3.8, 4) is 0 Å². The van der Waals surface area contributed by atoms with Crippen molar-refractivity contribution in [1.82, 2.24) is 20.2 Å². The van der Waals surface area contributed by atoms with Crippen LogP contribution < -0.4 is 5.32 Å². The number of hydrogen-bond donors (Lipinski definition) is 3. The summed E-state index contributed by atoms with van der Waals surface area (Å²) < 4.78 is 0. The predicted octanol–water partition coefficient (Wildman–Crippen LogP) is 0.844. The van der Waals surface area contributed by atoms with Gasteiger partial charge in [0.05, 0.1) is 30.7 Å². The lowest BCUT2D eigenvalue weighted by Crippen LogP contribution is -2.52. The fraction of sp³-hybridized carbons (Fsp3) is 0.333. The molecule has 1 aliphatic heterocycles. The monoisotopic (exact) mass is 356 g/mol. The van der Waals surface area contributed by atoms with E-state index in [0.29, 0.717) is 13.0 Å². The van der Waals surface area contributed by atoms with Crippen LogP contribution in [0.1, 0.15) is 29.8 Å². The Morgan fingerprint density at radius 2 is 2.00 bits per heavy atom. The van der Waals surface area contributed by atoms with Gasteiger partial charge in [0.2, 0.25) is 11.8 Å². The highest BCUT2D eigenvalue weighted by Crippen LogP contribution is 2.22. The number of H-pyrrole nitrogens is 1. The highest BCUT2D eigenvalue weighted by molar-refractivity contribution is 5.89. The number of carboxylic acids is 1. The van der Waals surface area contributed by atoms with Crippen molar-refractivity contribution in [2.24, 2.45) is 0 Å². The zero-order valence-electron chi connectivity index (χ0n) is 14.1. The number of aromatic amines is 1. The predicted molar refractivity (Wildman–Crippen MR) is 91.8 cm³/mol. The fourth-order valence-electron chi connectivity index (χ4n) is 2.99. The number of carbonyl (C=O) groups is 3. The van der Waals surface area contributed by atoms with Crippen LogP contribution >= 0.6 is 0 Å². The number of aliphatic carboxylic acids is 1. The van der Waals surface area contributed by atoms with Gasteiger partial charge in [-0.15, -0.1) is 0 Å². The third-order valence-electron chi connectivity index (χ3n) is 4.38. The van der Waals surface area contributed by atoms with Gasteiger partial charge in [0.1, 0.15) is 6.04 Å². The van der Waals surface area contributed by atoms with E-state index < -0.39 is 12.0 Å². The van der Waals surface area contributed by atoms with Crippen molar-refractivity contribution >= 4 is 17.8 Å². The maximum Gasteiger partial charge on any atom is 0.303 e. The highest BCUT2D eigenvalue weighted by atomic mass is 16.4. The number of carboxylic acid groups (broad SMARTS) is 1. The molecule has 2 heterocycles. The number of carbonyl (C=O) groups excluding carboxylic acids is 2. The van der Waals surface area contributed by atoms with Gasteiger partial charge >= 0.3 is 5.97 Å². The molecule has 26 heavy (non-hydrogen) atoms. The Labute approximate surface area is 150 Å². The lowest BCUT2D eigenvalue weighted by Gasteiger charge is -2.34. The zero-order chi connectivity index (χ0) is 18.5. The molecular formula is C18H20N4O4. The molecule has 1 aromatic carbocycles. The van der Waals surface area contributed by atoms with E-state index in [1.807, 2.05) is 30.3 Å². The first-order valence-corrected chi connectivity index (χ1v) is 8.38. The largest absolute Gasteiger partial charge is 0.481 e. The second-order valence-corrected chi connectivity index (χ2v) is 6.17. The molecule has 1 atom stereocenters. The van der Waals surface area contributed by atoms with E-state index in [-0.39, 0.29) is 31.2 Å². The first-order chi connectivity index (χ1) is 12.5. The SMILES string of the molecule is O=C(O)CCC(=O)N1Cc2[nH]cnc2CC1C(=O)NCc1ccccc1.